The van der Waals surface area contributed by atoms with E-state index in [9.17, 15) is 4.79 Å². The second-order valence-corrected chi connectivity index (χ2v) is 8.47. The summed E-state index contributed by atoms with van der Waals surface area (Å²) in [6, 6.07) is 16.8. The van der Waals surface area contributed by atoms with Crippen LogP contribution in [0.25, 0.3) is 0 Å². The number of nitrogens with zero attached hydrogens (tertiary/aromatic N) is 4. The van der Waals surface area contributed by atoms with Crippen molar-refractivity contribution in [1.82, 2.24) is 19.9 Å². The third-order valence-corrected chi connectivity index (χ3v) is 4.54. The fourth-order valence-corrected chi connectivity index (χ4v) is 2.97. The number of nitrogens with two attached hydrogens (primary N) is 2. The minimum atomic E-state index is -0.498. The minimum absolute atomic E-state index is 0.0815. The molecule has 5 N–H and O–H groups in total. The maximum atomic E-state index is 12.3. The van der Waals surface area contributed by atoms with Gasteiger partial charge < -0.3 is 16.8 Å². The minimum Gasteiger partial charge on any atom is -0.384 e. The van der Waals surface area contributed by atoms with Gasteiger partial charge in [0.2, 0.25) is 5.91 Å². The molecule has 0 saturated heterocycles. The van der Waals surface area contributed by atoms with Gasteiger partial charge >= 0.3 is 0 Å². The van der Waals surface area contributed by atoms with Crippen LogP contribution in [-0.4, -0.2) is 25.8 Å². The summed E-state index contributed by atoms with van der Waals surface area (Å²) < 4.78 is 0. The molecule has 0 aliphatic rings. The van der Waals surface area contributed by atoms with Gasteiger partial charge in [0, 0.05) is 25.0 Å². The molecule has 3 aromatic heterocycles. The number of hydrogen-bond acceptors (Lipinski definition) is 7. The molecule has 3 aromatic rings. The van der Waals surface area contributed by atoms with Crippen LogP contribution < -0.4 is 16.8 Å². The predicted molar refractivity (Wildman–Crippen MR) is 123 cm³/mol. The largest absolute Gasteiger partial charge is 0.384 e. The Morgan fingerprint density at radius 3 is 1.71 bits per heavy atom. The molecule has 0 aliphatic carbocycles. The Kier molecular flexibility index (Phi) is 6.81. The van der Waals surface area contributed by atoms with Gasteiger partial charge in [0.25, 0.3) is 0 Å². The number of carbonyl (C=O) groups is 1. The van der Waals surface area contributed by atoms with Gasteiger partial charge in [-0.1, -0.05) is 39.0 Å². The topological polar surface area (TPSA) is 123 Å². The smallest absolute Gasteiger partial charge is 0.230 e. The molecule has 0 fully saturated rings. The third kappa shape index (κ3) is 6.75. The summed E-state index contributed by atoms with van der Waals surface area (Å²) in [5.74, 6) is 1.40. The predicted octanol–water partition coefficient (Wildman–Crippen LogP) is 3.22. The average molecular weight is 420 g/mol. The van der Waals surface area contributed by atoms with Crippen molar-refractivity contribution in [3.8, 4) is 0 Å². The number of rotatable bonds is 7. The molecule has 0 saturated carbocycles. The van der Waals surface area contributed by atoms with Crippen LogP contribution in [0.3, 0.4) is 0 Å². The second kappa shape index (κ2) is 9.53. The van der Waals surface area contributed by atoms with E-state index in [-0.39, 0.29) is 5.91 Å². The number of pyridine rings is 3. The zero-order valence-electron chi connectivity index (χ0n) is 18.2. The van der Waals surface area contributed by atoms with E-state index in [1.54, 1.807) is 18.2 Å². The first-order chi connectivity index (χ1) is 14.7. The lowest BCUT2D eigenvalue weighted by atomic mass is 9.96. The first-order valence-corrected chi connectivity index (χ1v) is 10.1. The van der Waals surface area contributed by atoms with Crippen LogP contribution >= 0.6 is 0 Å². The van der Waals surface area contributed by atoms with E-state index in [1.165, 1.54) is 0 Å². The first kappa shape index (κ1) is 22.2. The maximum Gasteiger partial charge on any atom is 0.230 e. The number of aromatic nitrogens is 3. The van der Waals surface area contributed by atoms with Crippen LogP contribution in [-0.2, 0) is 24.4 Å². The lowest BCUT2D eigenvalue weighted by Gasteiger charge is -2.22. The summed E-state index contributed by atoms with van der Waals surface area (Å²) in [5.41, 5.74) is 13.7. The number of carbonyl (C=O) groups excluding carboxylic acids is 1. The van der Waals surface area contributed by atoms with E-state index in [4.69, 9.17) is 11.5 Å². The van der Waals surface area contributed by atoms with E-state index in [1.807, 2.05) is 57.2 Å². The fourth-order valence-electron chi connectivity index (χ4n) is 2.97. The fraction of sp³-hybridized carbons (Fsp3) is 0.304. The summed E-state index contributed by atoms with van der Waals surface area (Å²) in [5, 5.41) is 2.88. The highest BCUT2D eigenvalue weighted by atomic mass is 16.2. The van der Waals surface area contributed by atoms with Gasteiger partial charge in [-0.25, -0.2) is 15.0 Å². The standard InChI is InChI=1S/C23H29N7O/c1-23(2,3)22(31)29-21-12-6-9-18(28-21)15-30(13-16-7-4-10-19(24)26-16)14-17-8-5-11-20(25)27-17/h4-12H,13-15H2,1-3H3,(H2,24,26)(H2,25,27)(H,28,29,31). The zero-order chi connectivity index (χ0) is 22.4. The van der Waals surface area contributed by atoms with Crippen molar-refractivity contribution < 1.29 is 4.79 Å². The highest BCUT2D eigenvalue weighted by molar-refractivity contribution is 5.93. The van der Waals surface area contributed by atoms with Crippen LogP contribution in [0.15, 0.2) is 54.6 Å². The van der Waals surface area contributed by atoms with Crippen molar-refractivity contribution in [3.63, 3.8) is 0 Å². The molecule has 0 bridgehead atoms. The highest BCUT2D eigenvalue weighted by Crippen LogP contribution is 2.18. The van der Waals surface area contributed by atoms with Crippen molar-refractivity contribution >= 4 is 23.4 Å². The van der Waals surface area contributed by atoms with Gasteiger partial charge in [-0.2, -0.15) is 0 Å². The van der Waals surface area contributed by atoms with E-state index in [0.717, 1.165) is 17.1 Å². The van der Waals surface area contributed by atoms with E-state index >= 15 is 0 Å². The zero-order valence-corrected chi connectivity index (χ0v) is 18.2. The SMILES string of the molecule is CC(C)(C)C(=O)Nc1cccc(CN(Cc2cccc(N)n2)Cc2cccc(N)n2)n1. The van der Waals surface area contributed by atoms with Crippen LogP contribution in [0.5, 0.6) is 0 Å². The van der Waals surface area contributed by atoms with Gasteiger partial charge in [-0.15, -0.1) is 0 Å². The molecule has 31 heavy (non-hydrogen) atoms. The van der Waals surface area contributed by atoms with Crippen LogP contribution in [0.4, 0.5) is 17.5 Å². The molecule has 0 radical (unpaired) electrons. The Bertz CT molecular complexity index is 998. The molecular formula is C23H29N7O. The molecule has 3 heterocycles. The van der Waals surface area contributed by atoms with Crippen molar-refractivity contribution in [2.45, 2.75) is 40.4 Å². The van der Waals surface area contributed by atoms with Gasteiger partial charge in [-0.3, -0.25) is 9.69 Å². The summed E-state index contributed by atoms with van der Waals surface area (Å²) >= 11 is 0. The van der Waals surface area contributed by atoms with Gasteiger partial charge in [0.1, 0.15) is 17.5 Å². The maximum absolute atomic E-state index is 12.3. The van der Waals surface area contributed by atoms with Crippen molar-refractivity contribution in [2.24, 2.45) is 5.41 Å². The molecule has 8 nitrogen and oxygen atoms in total. The average Bonchev–Trinajstić information content (AvgIpc) is 2.67. The summed E-state index contributed by atoms with van der Waals surface area (Å²) in [6.07, 6.45) is 0. The van der Waals surface area contributed by atoms with E-state index < -0.39 is 5.41 Å². The lowest BCUT2D eigenvalue weighted by Crippen LogP contribution is -2.28. The Balaban J connectivity index is 1.80. The normalized spacial score (nSPS) is 11.5. The molecule has 0 unspecified atom stereocenters. The van der Waals surface area contributed by atoms with Gasteiger partial charge in [0.05, 0.1) is 17.1 Å². The molecule has 0 spiro atoms. The number of nitrogens with one attached hydrogen (secondary N) is 1. The lowest BCUT2D eigenvalue weighted by molar-refractivity contribution is -0.123. The molecule has 162 valence electrons. The van der Waals surface area contributed by atoms with E-state index in [2.05, 4.69) is 25.2 Å². The number of amides is 1. The van der Waals surface area contributed by atoms with Crippen molar-refractivity contribution in [2.75, 3.05) is 16.8 Å². The molecule has 0 aliphatic heterocycles. The Labute approximate surface area is 182 Å². The Hall–Kier alpha value is -3.52. The second-order valence-electron chi connectivity index (χ2n) is 8.47. The molecule has 3 rings (SSSR count). The third-order valence-electron chi connectivity index (χ3n) is 4.54. The van der Waals surface area contributed by atoms with Crippen LogP contribution in [0.1, 0.15) is 37.9 Å². The molecular weight excluding hydrogens is 390 g/mol. The molecule has 0 aromatic carbocycles. The Morgan fingerprint density at radius 1 is 0.806 bits per heavy atom. The summed E-state index contributed by atoms with van der Waals surface area (Å²) in [6.45, 7) is 7.25. The van der Waals surface area contributed by atoms with Gasteiger partial charge in [-0.05, 0) is 36.4 Å². The van der Waals surface area contributed by atoms with Crippen molar-refractivity contribution in [3.05, 3.63) is 71.7 Å². The van der Waals surface area contributed by atoms with Crippen LogP contribution in [0, 0.1) is 5.41 Å². The number of anilines is 3. The Morgan fingerprint density at radius 2 is 1.26 bits per heavy atom. The van der Waals surface area contributed by atoms with Crippen LogP contribution in [0.2, 0.25) is 0 Å². The quantitative estimate of drug-likeness (QED) is 0.537. The first-order valence-electron chi connectivity index (χ1n) is 10.1. The van der Waals surface area contributed by atoms with Gasteiger partial charge in [0.15, 0.2) is 0 Å². The monoisotopic (exact) mass is 419 g/mol. The summed E-state index contributed by atoms with van der Waals surface area (Å²) in [4.78, 5) is 27.9. The number of hydrogen-bond donors (Lipinski definition) is 3. The highest BCUT2D eigenvalue weighted by Gasteiger charge is 2.21. The van der Waals surface area contributed by atoms with E-state index in [0.29, 0.717) is 37.1 Å². The molecule has 1 amide bonds. The molecule has 0 atom stereocenters. The summed E-state index contributed by atoms with van der Waals surface area (Å²) in [7, 11) is 0. The van der Waals surface area contributed by atoms with Crippen molar-refractivity contribution in [1.29, 1.82) is 0 Å². The number of nitrogen functional groups attached to an aromatic ring is 2. The molecule has 8 heteroatoms.